The zero-order valence-corrected chi connectivity index (χ0v) is 16.0. The molecule has 3 unspecified atom stereocenters. The number of benzene rings is 2. The van der Waals surface area contributed by atoms with E-state index in [1.165, 1.54) is 6.07 Å². The summed E-state index contributed by atoms with van der Waals surface area (Å²) < 4.78 is 19.5. The van der Waals surface area contributed by atoms with E-state index in [1.807, 2.05) is 30.3 Å². The average molecular weight is 393 g/mol. The molecule has 0 aliphatic heterocycles. The number of halogens is 2. The number of para-hydroxylation sites is 1. The third-order valence-electron chi connectivity index (χ3n) is 4.85. The number of carbonyl (C=O) groups is 1. The minimum Gasteiger partial charge on any atom is -0.488 e. The molecule has 3 rings (SSSR count). The van der Waals surface area contributed by atoms with Crippen LogP contribution < -0.4 is 15.8 Å². The maximum absolute atomic E-state index is 13.8. The summed E-state index contributed by atoms with van der Waals surface area (Å²) in [5.41, 5.74) is 6.94. The minimum absolute atomic E-state index is 0. The molecule has 3 N–H and O–H groups in total. The summed E-state index contributed by atoms with van der Waals surface area (Å²) >= 11 is 0. The number of hydrogen-bond donors (Lipinski definition) is 2. The SMILES string of the molecule is Cl.NC1CCCC(C(=O)NC(COc2ccccc2F)c2ccccc2)C1. The van der Waals surface area contributed by atoms with Gasteiger partial charge in [-0.3, -0.25) is 4.79 Å². The monoisotopic (exact) mass is 392 g/mol. The number of amides is 1. The van der Waals surface area contributed by atoms with Gasteiger partial charge in [0.05, 0.1) is 6.04 Å². The van der Waals surface area contributed by atoms with Gasteiger partial charge in [-0.15, -0.1) is 12.4 Å². The van der Waals surface area contributed by atoms with Crippen LogP contribution in [0.4, 0.5) is 4.39 Å². The average Bonchev–Trinajstić information content (AvgIpc) is 2.67. The molecule has 1 saturated carbocycles. The molecule has 4 nitrogen and oxygen atoms in total. The van der Waals surface area contributed by atoms with Crippen molar-refractivity contribution in [2.24, 2.45) is 11.7 Å². The Hall–Kier alpha value is -2.11. The molecular weight excluding hydrogens is 367 g/mol. The van der Waals surface area contributed by atoms with E-state index in [2.05, 4.69) is 5.32 Å². The van der Waals surface area contributed by atoms with Crippen LogP contribution in [0.1, 0.15) is 37.3 Å². The molecule has 1 aliphatic rings. The first-order valence-electron chi connectivity index (χ1n) is 9.11. The number of ether oxygens (including phenoxy) is 1. The van der Waals surface area contributed by atoms with Gasteiger partial charge in [-0.2, -0.15) is 0 Å². The smallest absolute Gasteiger partial charge is 0.223 e. The molecule has 0 radical (unpaired) electrons. The highest BCUT2D eigenvalue weighted by molar-refractivity contribution is 5.85. The Morgan fingerprint density at radius 2 is 1.85 bits per heavy atom. The molecule has 0 saturated heterocycles. The van der Waals surface area contributed by atoms with E-state index >= 15 is 0 Å². The third kappa shape index (κ3) is 5.94. The Labute approximate surface area is 165 Å². The zero-order chi connectivity index (χ0) is 18.4. The topological polar surface area (TPSA) is 64.4 Å². The zero-order valence-electron chi connectivity index (χ0n) is 15.1. The lowest BCUT2D eigenvalue weighted by atomic mass is 9.85. The Kier molecular flexibility index (Phi) is 8.07. The van der Waals surface area contributed by atoms with Gasteiger partial charge in [0, 0.05) is 12.0 Å². The van der Waals surface area contributed by atoms with Crippen LogP contribution in [-0.4, -0.2) is 18.6 Å². The second-order valence-corrected chi connectivity index (χ2v) is 6.84. The van der Waals surface area contributed by atoms with E-state index in [9.17, 15) is 9.18 Å². The molecule has 0 aromatic heterocycles. The first-order valence-corrected chi connectivity index (χ1v) is 9.11. The van der Waals surface area contributed by atoms with Crippen molar-refractivity contribution in [2.45, 2.75) is 37.8 Å². The lowest BCUT2D eigenvalue weighted by Crippen LogP contribution is -2.40. The summed E-state index contributed by atoms with van der Waals surface area (Å²) in [6.45, 7) is 0.162. The van der Waals surface area contributed by atoms with Crippen molar-refractivity contribution in [3.8, 4) is 5.75 Å². The van der Waals surface area contributed by atoms with Crippen LogP contribution in [-0.2, 0) is 4.79 Å². The first-order chi connectivity index (χ1) is 12.6. The summed E-state index contributed by atoms with van der Waals surface area (Å²) in [5, 5.41) is 3.07. The van der Waals surface area contributed by atoms with Gasteiger partial charge >= 0.3 is 0 Å². The second-order valence-electron chi connectivity index (χ2n) is 6.84. The summed E-state index contributed by atoms with van der Waals surface area (Å²) in [7, 11) is 0. The number of nitrogens with two attached hydrogens (primary N) is 1. The molecule has 0 heterocycles. The molecular formula is C21H26ClFN2O2. The lowest BCUT2D eigenvalue weighted by Gasteiger charge is -2.28. The maximum Gasteiger partial charge on any atom is 0.223 e. The normalized spacial score (nSPS) is 20.2. The van der Waals surface area contributed by atoms with Crippen molar-refractivity contribution in [2.75, 3.05) is 6.61 Å². The van der Waals surface area contributed by atoms with E-state index in [-0.39, 0.29) is 48.7 Å². The van der Waals surface area contributed by atoms with E-state index in [0.29, 0.717) is 6.42 Å². The fourth-order valence-electron chi connectivity index (χ4n) is 3.40. The van der Waals surface area contributed by atoms with Gasteiger partial charge in [-0.05, 0) is 37.0 Å². The minimum atomic E-state index is -0.413. The van der Waals surface area contributed by atoms with Crippen LogP contribution in [0.2, 0.25) is 0 Å². The standard InChI is InChI=1S/C21H25FN2O2.ClH/c22-18-11-4-5-12-20(18)26-14-19(15-7-2-1-3-8-15)24-21(25)16-9-6-10-17(23)13-16;/h1-5,7-8,11-12,16-17,19H,6,9-10,13-14,23H2,(H,24,25);1H. The second kappa shape index (κ2) is 10.3. The highest BCUT2D eigenvalue weighted by Crippen LogP contribution is 2.25. The van der Waals surface area contributed by atoms with E-state index in [1.54, 1.807) is 18.2 Å². The van der Waals surface area contributed by atoms with Gasteiger partial charge in [-0.1, -0.05) is 48.9 Å². The van der Waals surface area contributed by atoms with Crippen LogP contribution >= 0.6 is 12.4 Å². The quantitative estimate of drug-likeness (QED) is 0.780. The van der Waals surface area contributed by atoms with Crippen molar-refractivity contribution >= 4 is 18.3 Å². The van der Waals surface area contributed by atoms with Crippen molar-refractivity contribution in [1.29, 1.82) is 0 Å². The molecule has 1 aliphatic carbocycles. The number of nitrogens with one attached hydrogen (secondary N) is 1. The predicted octanol–water partition coefficient (Wildman–Crippen LogP) is 4.00. The first kappa shape index (κ1) is 21.2. The molecule has 1 amide bonds. The maximum atomic E-state index is 13.8. The van der Waals surface area contributed by atoms with Gasteiger partial charge in [0.25, 0.3) is 0 Å². The lowest BCUT2D eigenvalue weighted by molar-refractivity contribution is -0.127. The fraction of sp³-hybridized carbons (Fsp3) is 0.381. The van der Waals surface area contributed by atoms with Crippen molar-refractivity contribution in [3.05, 3.63) is 66.0 Å². The van der Waals surface area contributed by atoms with E-state index in [4.69, 9.17) is 10.5 Å². The molecule has 2 aromatic carbocycles. The Morgan fingerprint density at radius 1 is 1.15 bits per heavy atom. The highest BCUT2D eigenvalue weighted by atomic mass is 35.5. The molecule has 0 spiro atoms. The molecule has 6 heteroatoms. The molecule has 3 atom stereocenters. The highest BCUT2D eigenvalue weighted by Gasteiger charge is 2.27. The van der Waals surface area contributed by atoms with Gasteiger partial charge in [0.15, 0.2) is 11.6 Å². The predicted molar refractivity (Wildman–Crippen MR) is 106 cm³/mol. The number of carbonyl (C=O) groups excluding carboxylic acids is 1. The Bertz CT molecular complexity index is 729. The van der Waals surface area contributed by atoms with Gasteiger partial charge in [0.2, 0.25) is 5.91 Å². The molecule has 1 fully saturated rings. The molecule has 27 heavy (non-hydrogen) atoms. The van der Waals surface area contributed by atoms with Gasteiger partial charge in [0.1, 0.15) is 6.61 Å². The summed E-state index contributed by atoms with van der Waals surface area (Å²) in [6.07, 6.45) is 3.51. The van der Waals surface area contributed by atoms with Crippen LogP contribution in [0.25, 0.3) is 0 Å². The van der Waals surface area contributed by atoms with Crippen molar-refractivity contribution in [3.63, 3.8) is 0 Å². The molecule has 2 aromatic rings. The Balaban J connectivity index is 0.00000261. The fourth-order valence-corrected chi connectivity index (χ4v) is 3.40. The number of hydrogen-bond acceptors (Lipinski definition) is 3. The third-order valence-corrected chi connectivity index (χ3v) is 4.85. The van der Waals surface area contributed by atoms with Crippen LogP contribution in [0.5, 0.6) is 5.75 Å². The van der Waals surface area contributed by atoms with Crippen molar-refractivity contribution < 1.29 is 13.9 Å². The molecule has 0 bridgehead atoms. The largest absolute Gasteiger partial charge is 0.488 e. The Morgan fingerprint density at radius 3 is 2.56 bits per heavy atom. The van der Waals surface area contributed by atoms with Crippen LogP contribution in [0.15, 0.2) is 54.6 Å². The van der Waals surface area contributed by atoms with Gasteiger partial charge < -0.3 is 15.8 Å². The number of rotatable bonds is 6. The van der Waals surface area contributed by atoms with Gasteiger partial charge in [-0.25, -0.2) is 4.39 Å². The summed E-state index contributed by atoms with van der Waals surface area (Å²) in [6, 6.07) is 15.6. The summed E-state index contributed by atoms with van der Waals surface area (Å²) in [5.74, 6) is -0.309. The summed E-state index contributed by atoms with van der Waals surface area (Å²) in [4.78, 5) is 12.7. The molecule has 146 valence electrons. The van der Waals surface area contributed by atoms with E-state index in [0.717, 1.165) is 24.8 Å². The van der Waals surface area contributed by atoms with Crippen LogP contribution in [0, 0.1) is 11.7 Å². The van der Waals surface area contributed by atoms with Crippen molar-refractivity contribution in [1.82, 2.24) is 5.32 Å². The van der Waals surface area contributed by atoms with Crippen LogP contribution in [0.3, 0.4) is 0 Å². The van der Waals surface area contributed by atoms with E-state index < -0.39 is 5.82 Å².